The first kappa shape index (κ1) is 28.3. The Labute approximate surface area is 230 Å². The number of anilines is 2. The number of nitrogens with one attached hydrogen (secondary N) is 2. The number of hydrogen-bond donors (Lipinski definition) is 4. The molecule has 15 heteroatoms. The molecule has 210 valence electrons. The third-order valence-electron chi connectivity index (χ3n) is 5.58. The lowest BCUT2D eigenvalue weighted by Crippen LogP contribution is -2.20. The smallest absolute Gasteiger partial charge is 0.331 e. The number of hydrogen-bond acceptors (Lipinski definition) is 9. The highest BCUT2D eigenvalue weighted by molar-refractivity contribution is 6.30. The lowest BCUT2D eigenvalue weighted by Gasteiger charge is -2.08. The number of aromatic hydroxyl groups is 1. The van der Waals surface area contributed by atoms with E-state index in [9.17, 15) is 23.9 Å². The minimum atomic E-state index is -1.04. The molecular weight excluding hydrogens is 549 g/mol. The monoisotopic (exact) mass is 573 g/mol. The topological polar surface area (TPSA) is 176 Å². The Hall–Kier alpha value is -4.72. The molecule has 3 aromatic heterocycles. The molecule has 4 aromatic rings. The first-order valence-electron chi connectivity index (χ1n) is 12.2. The van der Waals surface area contributed by atoms with Crippen molar-refractivity contribution in [3.63, 3.8) is 0 Å². The number of fused-ring (bicyclic) bond motifs is 1. The average Bonchev–Trinajstić information content (AvgIpc) is 3.43. The molecule has 4 N–H and O–H groups in total. The number of esters is 1. The van der Waals surface area contributed by atoms with Crippen LogP contribution in [0, 0.1) is 5.82 Å². The highest BCUT2D eigenvalue weighted by Gasteiger charge is 2.15. The second-order valence-electron chi connectivity index (χ2n) is 8.60. The van der Waals surface area contributed by atoms with Crippen LogP contribution in [0.5, 0.6) is 5.88 Å². The molecule has 0 spiro atoms. The SMILES string of the molecule is CCCN=c1cc(Nc2cc(Cl)ccc2F)nc2c(=Cc3[nH]c(=O)n(COC(=O)CCCC(=O)O)c3O)cnn12. The van der Waals surface area contributed by atoms with Gasteiger partial charge in [0, 0.05) is 35.7 Å². The standard InChI is InChI=1S/C25H25ClFN7O6/c1-2-8-28-20-11-19(30-17-10-15(26)6-7-16(17)27)32-23-14(12-29-34(20)23)9-18-24(38)33(25(39)31-18)13-40-22(37)5-3-4-21(35)36/h6-7,9-12,30,38H,2-5,8,13H2,1H3,(H,31,39)(H,35,36). The van der Waals surface area contributed by atoms with E-state index in [0.29, 0.717) is 27.9 Å². The second-order valence-corrected chi connectivity index (χ2v) is 9.03. The van der Waals surface area contributed by atoms with Gasteiger partial charge in [-0.25, -0.2) is 18.7 Å². The van der Waals surface area contributed by atoms with Crippen molar-refractivity contribution in [1.29, 1.82) is 0 Å². The van der Waals surface area contributed by atoms with Crippen LogP contribution >= 0.6 is 11.6 Å². The molecule has 0 bridgehead atoms. The first-order valence-corrected chi connectivity index (χ1v) is 12.6. The predicted octanol–water partition coefficient (Wildman–Crippen LogP) is 2.07. The van der Waals surface area contributed by atoms with Crippen LogP contribution in [0.3, 0.4) is 0 Å². The summed E-state index contributed by atoms with van der Waals surface area (Å²) in [5.41, 5.74) is 0.0768. The lowest BCUT2D eigenvalue weighted by molar-refractivity contribution is -0.148. The number of aromatic nitrogens is 5. The number of rotatable bonds is 11. The molecule has 0 fully saturated rings. The maximum absolute atomic E-state index is 14.4. The van der Waals surface area contributed by atoms with Crippen molar-refractivity contribution < 1.29 is 28.9 Å². The molecule has 0 aliphatic carbocycles. The maximum atomic E-state index is 14.4. The molecule has 3 heterocycles. The van der Waals surface area contributed by atoms with E-state index < -0.39 is 36.1 Å². The number of carboxylic acids is 1. The summed E-state index contributed by atoms with van der Waals surface area (Å²) in [6, 6.07) is 5.66. The molecule has 0 amide bonds. The molecule has 13 nitrogen and oxygen atoms in total. The zero-order chi connectivity index (χ0) is 28.8. The van der Waals surface area contributed by atoms with E-state index in [2.05, 4.69) is 25.4 Å². The number of carbonyl (C=O) groups excluding carboxylic acids is 1. The van der Waals surface area contributed by atoms with Crippen LogP contribution in [0.15, 0.2) is 40.2 Å². The van der Waals surface area contributed by atoms with Gasteiger partial charge in [-0.3, -0.25) is 14.6 Å². The molecule has 40 heavy (non-hydrogen) atoms. The normalized spacial score (nSPS) is 12.3. The van der Waals surface area contributed by atoms with E-state index in [-0.39, 0.29) is 36.5 Å². The largest absolute Gasteiger partial charge is 0.493 e. The lowest BCUT2D eigenvalue weighted by atomic mass is 10.2. The highest BCUT2D eigenvalue weighted by Crippen LogP contribution is 2.22. The van der Waals surface area contributed by atoms with Crippen LogP contribution in [0.4, 0.5) is 15.9 Å². The zero-order valence-electron chi connectivity index (χ0n) is 21.2. The first-order chi connectivity index (χ1) is 19.2. The van der Waals surface area contributed by atoms with Gasteiger partial charge in [-0.1, -0.05) is 18.5 Å². The Balaban J connectivity index is 1.68. The number of aromatic amines is 1. The summed E-state index contributed by atoms with van der Waals surface area (Å²) in [6.07, 6.45) is 3.37. The molecule has 1 aromatic carbocycles. The highest BCUT2D eigenvalue weighted by atomic mass is 35.5. The van der Waals surface area contributed by atoms with Gasteiger partial charge in [-0.15, -0.1) is 0 Å². The quantitative estimate of drug-likeness (QED) is 0.196. The number of benzene rings is 1. The van der Waals surface area contributed by atoms with Gasteiger partial charge in [-0.2, -0.15) is 9.61 Å². The summed E-state index contributed by atoms with van der Waals surface area (Å²) in [5, 5.41) is 27.2. The number of carbonyl (C=O) groups is 2. The fourth-order valence-electron chi connectivity index (χ4n) is 3.65. The van der Waals surface area contributed by atoms with Crippen molar-refractivity contribution in [3.05, 3.63) is 68.2 Å². The summed E-state index contributed by atoms with van der Waals surface area (Å²) in [7, 11) is 0. The molecule has 0 saturated heterocycles. The number of imidazole rings is 1. The van der Waals surface area contributed by atoms with E-state index in [1.54, 1.807) is 6.07 Å². The molecule has 0 saturated carbocycles. The van der Waals surface area contributed by atoms with Crippen LogP contribution in [0.25, 0.3) is 11.7 Å². The Bertz CT molecular complexity index is 1750. The summed E-state index contributed by atoms with van der Waals surface area (Å²) < 4.78 is 21.6. The molecule has 0 atom stereocenters. The van der Waals surface area contributed by atoms with Gasteiger partial charge in [0.25, 0.3) is 0 Å². The van der Waals surface area contributed by atoms with E-state index in [0.717, 1.165) is 11.0 Å². The van der Waals surface area contributed by atoms with Crippen molar-refractivity contribution in [2.45, 2.75) is 39.3 Å². The van der Waals surface area contributed by atoms with Crippen LogP contribution in [0.1, 0.15) is 38.3 Å². The van der Waals surface area contributed by atoms with Crippen molar-refractivity contribution in [2.24, 2.45) is 4.99 Å². The maximum Gasteiger partial charge on any atom is 0.331 e. The van der Waals surface area contributed by atoms with Gasteiger partial charge in [0.05, 0.1) is 11.9 Å². The third-order valence-corrected chi connectivity index (χ3v) is 5.81. The number of ether oxygens (including phenoxy) is 1. The summed E-state index contributed by atoms with van der Waals surface area (Å²) >= 11 is 6.01. The fraction of sp³-hybridized carbons (Fsp3) is 0.280. The number of aliphatic carboxylic acids is 1. The fourth-order valence-corrected chi connectivity index (χ4v) is 3.82. The van der Waals surface area contributed by atoms with Crippen molar-refractivity contribution in [1.82, 2.24) is 24.1 Å². The molecule has 0 unspecified atom stereocenters. The molecule has 0 aliphatic heterocycles. The van der Waals surface area contributed by atoms with Gasteiger partial charge in [0.15, 0.2) is 17.9 Å². The summed E-state index contributed by atoms with van der Waals surface area (Å²) in [4.78, 5) is 46.4. The van der Waals surface area contributed by atoms with Gasteiger partial charge in [0.2, 0.25) is 5.88 Å². The van der Waals surface area contributed by atoms with Crippen LogP contribution in [-0.4, -0.2) is 52.8 Å². The Morgan fingerprint density at radius 2 is 2.10 bits per heavy atom. The third kappa shape index (κ3) is 6.64. The van der Waals surface area contributed by atoms with Crippen molar-refractivity contribution in [2.75, 3.05) is 11.9 Å². The summed E-state index contributed by atoms with van der Waals surface area (Å²) in [6.45, 7) is 1.88. The Kier molecular flexibility index (Phi) is 8.79. The molecule has 0 radical (unpaired) electrons. The average molecular weight is 574 g/mol. The second kappa shape index (κ2) is 12.4. The van der Waals surface area contributed by atoms with Crippen molar-refractivity contribution >= 4 is 46.8 Å². The van der Waals surface area contributed by atoms with Crippen molar-refractivity contribution in [3.8, 4) is 5.88 Å². The molecular formula is C25H25ClFN7O6. The van der Waals surface area contributed by atoms with Gasteiger partial charge in [0.1, 0.15) is 17.3 Å². The van der Waals surface area contributed by atoms with Crippen LogP contribution < -0.4 is 21.7 Å². The zero-order valence-corrected chi connectivity index (χ0v) is 22.0. The number of nitrogens with zero attached hydrogens (tertiary/aromatic N) is 5. The van der Waals surface area contributed by atoms with Crippen LogP contribution in [0.2, 0.25) is 5.02 Å². The van der Waals surface area contributed by atoms with Crippen LogP contribution in [-0.2, 0) is 21.1 Å². The number of halogens is 2. The van der Waals surface area contributed by atoms with E-state index in [1.807, 2.05) is 6.92 Å². The van der Waals surface area contributed by atoms with Gasteiger partial charge < -0.3 is 25.3 Å². The summed E-state index contributed by atoms with van der Waals surface area (Å²) in [5.74, 6) is -2.55. The minimum absolute atomic E-state index is 0.00470. The van der Waals surface area contributed by atoms with E-state index >= 15 is 0 Å². The predicted molar refractivity (Wildman–Crippen MR) is 141 cm³/mol. The van der Waals surface area contributed by atoms with Gasteiger partial charge in [-0.05, 0) is 37.1 Å². The van der Waals surface area contributed by atoms with Gasteiger partial charge >= 0.3 is 17.6 Å². The number of carboxylic acid groups (broad SMARTS) is 1. The Morgan fingerprint density at radius 3 is 2.85 bits per heavy atom. The van der Waals surface area contributed by atoms with E-state index in [4.69, 9.17) is 21.4 Å². The molecule has 4 rings (SSSR count). The van der Waals surface area contributed by atoms with E-state index in [1.165, 1.54) is 35.0 Å². The molecule has 0 aliphatic rings. The minimum Gasteiger partial charge on any atom is -0.493 e. The Morgan fingerprint density at radius 1 is 1.30 bits per heavy atom. The number of H-pyrrole nitrogens is 1.